The van der Waals surface area contributed by atoms with Gasteiger partial charge in [-0.1, -0.05) is 0 Å². The van der Waals surface area contributed by atoms with E-state index in [4.69, 9.17) is 18.6 Å². The Balaban J connectivity index is 1.55. The van der Waals surface area contributed by atoms with E-state index >= 15 is 0 Å². The zero-order chi connectivity index (χ0) is 27.2. The van der Waals surface area contributed by atoms with Crippen LogP contribution in [-0.4, -0.2) is 65.8 Å². The number of carbonyl (C=O) groups excluding carboxylic acids is 2. The number of nitrogens with one attached hydrogen (secondary N) is 1. The molecule has 0 spiro atoms. The van der Waals surface area contributed by atoms with Gasteiger partial charge in [-0.25, -0.2) is 4.98 Å². The van der Waals surface area contributed by atoms with Crippen LogP contribution in [0.5, 0.6) is 17.2 Å². The van der Waals surface area contributed by atoms with E-state index in [0.717, 1.165) is 16.9 Å². The minimum Gasteiger partial charge on any atom is -0.488 e. The fraction of sp³-hybridized carbons (Fsp3) is 0.269. The molecule has 2 aromatic carbocycles. The standard InChI is InChI=1S/C26H27N5O6S/c1-15(13-34-5)35-20-10-18(23(32)28-26-27-22(14-38-26)25(33)31(3)4)11-21(12-20)37-19-8-6-17(7-9-19)24-30-29-16(2)36-24/h6-12,14-15H,13H2,1-5H3,(H,27,28,32). The molecule has 2 aromatic heterocycles. The van der Waals surface area contributed by atoms with Crippen LogP contribution in [0.25, 0.3) is 11.5 Å². The number of carbonyl (C=O) groups is 2. The van der Waals surface area contributed by atoms with Gasteiger partial charge < -0.3 is 23.5 Å². The van der Waals surface area contributed by atoms with Gasteiger partial charge in [0.15, 0.2) is 5.13 Å². The predicted octanol–water partition coefficient (Wildman–Crippen LogP) is 4.66. The number of aromatic nitrogens is 3. The van der Waals surface area contributed by atoms with Gasteiger partial charge in [0, 0.05) is 50.7 Å². The van der Waals surface area contributed by atoms with Crippen molar-refractivity contribution in [2.45, 2.75) is 20.0 Å². The first-order valence-corrected chi connectivity index (χ1v) is 12.5. The van der Waals surface area contributed by atoms with Crippen molar-refractivity contribution >= 4 is 28.3 Å². The molecule has 12 heteroatoms. The normalized spacial score (nSPS) is 11.6. The zero-order valence-electron chi connectivity index (χ0n) is 21.5. The van der Waals surface area contributed by atoms with E-state index in [2.05, 4.69) is 20.5 Å². The molecule has 1 unspecified atom stereocenters. The minimum absolute atomic E-state index is 0.250. The van der Waals surface area contributed by atoms with Gasteiger partial charge in [0.05, 0.1) is 6.61 Å². The third kappa shape index (κ3) is 6.72. The second-order valence-corrected chi connectivity index (χ2v) is 9.38. The molecule has 0 radical (unpaired) electrons. The summed E-state index contributed by atoms with van der Waals surface area (Å²) in [5.74, 6) is 1.56. The van der Waals surface area contributed by atoms with Crippen molar-refractivity contribution in [1.29, 1.82) is 0 Å². The van der Waals surface area contributed by atoms with Gasteiger partial charge in [0.1, 0.15) is 29.0 Å². The molecule has 4 rings (SSSR count). The summed E-state index contributed by atoms with van der Waals surface area (Å²) in [7, 11) is 4.86. The third-order valence-corrected chi connectivity index (χ3v) is 5.85. The van der Waals surface area contributed by atoms with Crippen LogP contribution < -0.4 is 14.8 Å². The number of thiazole rings is 1. The molecule has 4 aromatic rings. The number of aryl methyl sites for hydroxylation is 1. The molecule has 198 valence electrons. The Morgan fingerprint density at radius 2 is 1.82 bits per heavy atom. The smallest absolute Gasteiger partial charge is 0.272 e. The lowest BCUT2D eigenvalue weighted by Gasteiger charge is -2.16. The molecule has 11 nitrogen and oxygen atoms in total. The van der Waals surface area contributed by atoms with Crippen LogP contribution in [0.4, 0.5) is 5.13 Å². The number of nitrogens with zero attached hydrogens (tertiary/aromatic N) is 4. The maximum absolute atomic E-state index is 13.1. The molecule has 38 heavy (non-hydrogen) atoms. The average Bonchev–Trinajstić information content (AvgIpc) is 3.53. The van der Waals surface area contributed by atoms with Crippen molar-refractivity contribution in [3.05, 3.63) is 65.0 Å². The van der Waals surface area contributed by atoms with Crippen molar-refractivity contribution in [3.8, 4) is 28.7 Å². The van der Waals surface area contributed by atoms with Crippen LogP contribution in [0.1, 0.15) is 33.7 Å². The molecule has 0 bridgehead atoms. The lowest BCUT2D eigenvalue weighted by atomic mass is 10.1. The number of anilines is 1. The van der Waals surface area contributed by atoms with Gasteiger partial charge in [-0.3, -0.25) is 14.9 Å². The lowest BCUT2D eigenvalue weighted by molar-refractivity contribution is 0.0822. The topological polar surface area (TPSA) is 129 Å². The largest absolute Gasteiger partial charge is 0.488 e. The van der Waals surface area contributed by atoms with Gasteiger partial charge in [-0.05, 0) is 43.3 Å². The predicted molar refractivity (Wildman–Crippen MR) is 141 cm³/mol. The lowest BCUT2D eigenvalue weighted by Crippen LogP contribution is -2.22. The number of amides is 2. The van der Waals surface area contributed by atoms with Crippen LogP contribution in [0.15, 0.2) is 52.3 Å². The highest BCUT2D eigenvalue weighted by molar-refractivity contribution is 7.14. The fourth-order valence-corrected chi connectivity index (χ4v) is 4.05. The first-order chi connectivity index (χ1) is 18.2. The Labute approximate surface area is 223 Å². The van der Waals surface area contributed by atoms with Gasteiger partial charge in [-0.15, -0.1) is 21.5 Å². The highest BCUT2D eigenvalue weighted by atomic mass is 32.1. The van der Waals surface area contributed by atoms with E-state index in [1.165, 1.54) is 4.90 Å². The molecule has 0 aliphatic carbocycles. The molecular weight excluding hydrogens is 510 g/mol. The summed E-state index contributed by atoms with van der Waals surface area (Å²) in [5, 5.41) is 12.5. The van der Waals surface area contributed by atoms with E-state index in [-0.39, 0.29) is 23.3 Å². The van der Waals surface area contributed by atoms with Crippen LogP contribution in [-0.2, 0) is 4.74 Å². The molecule has 2 amide bonds. The van der Waals surface area contributed by atoms with Crippen molar-refractivity contribution in [2.75, 3.05) is 33.1 Å². The number of ether oxygens (including phenoxy) is 3. The van der Waals surface area contributed by atoms with Crippen LogP contribution in [0.2, 0.25) is 0 Å². The molecule has 0 saturated heterocycles. The Morgan fingerprint density at radius 3 is 2.47 bits per heavy atom. The summed E-state index contributed by atoms with van der Waals surface area (Å²) in [5.41, 5.74) is 1.29. The van der Waals surface area contributed by atoms with Gasteiger partial charge in [0.25, 0.3) is 11.8 Å². The molecule has 1 N–H and O–H groups in total. The molecule has 1 atom stereocenters. The number of rotatable bonds is 10. The average molecular weight is 538 g/mol. The van der Waals surface area contributed by atoms with E-state index in [0.29, 0.717) is 40.8 Å². The van der Waals surface area contributed by atoms with Crippen LogP contribution in [0, 0.1) is 6.92 Å². The van der Waals surface area contributed by atoms with Gasteiger partial charge >= 0.3 is 0 Å². The zero-order valence-corrected chi connectivity index (χ0v) is 22.4. The summed E-state index contributed by atoms with van der Waals surface area (Å²) in [4.78, 5) is 30.9. The third-order valence-electron chi connectivity index (χ3n) is 5.09. The maximum atomic E-state index is 13.1. The van der Waals surface area contributed by atoms with E-state index in [9.17, 15) is 9.59 Å². The molecule has 2 heterocycles. The summed E-state index contributed by atoms with van der Waals surface area (Å²) in [6.07, 6.45) is -0.262. The monoisotopic (exact) mass is 537 g/mol. The fourth-order valence-electron chi connectivity index (χ4n) is 3.37. The number of hydrogen-bond donors (Lipinski definition) is 1. The molecule has 0 aliphatic rings. The van der Waals surface area contributed by atoms with Gasteiger partial charge in [0.2, 0.25) is 11.8 Å². The SMILES string of the molecule is COCC(C)Oc1cc(Oc2ccc(-c3nnc(C)o3)cc2)cc(C(=O)Nc2nc(C(=O)N(C)C)cs2)c1. The first-order valence-electron chi connectivity index (χ1n) is 11.6. The molecule has 0 aliphatic heterocycles. The number of benzene rings is 2. The van der Waals surface area contributed by atoms with Crippen LogP contribution in [0.3, 0.4) is 0 Å². The van der Waals surface area contributed by atoms with Crippen molar-refractivity contribution in [1.82, 2.24) is 20.1 Å². The highest BCUT2D eigenvalue weighted by Gasteiger charge is 2.17. The van der Waals surface area contributed by atoms with E-state index in [1.807, 2.05) is 6.92 Å². The summed E-state index contributed by atoms with van der Waals surface area (Å²) in [6.45, 7) is 3.94. The second kappa shape index (κ2) is 11.8. The minimum atomic E-state index is -0.431. The summed E-state index contributed by atoms with van der Waals surface area (Å²) in [6, 6.07) is 12.0. The number of methoxy groups -OCH3 is 1. The quantitative estimate of drug-likeness (QED) is 0.307. The van der Waals surface area contributed by atoms with E-state index < -0.39 is 5.91 Å². The Hall–Kier alpha value is -4.29. The van der Waals surface area contributed by atoms with E-state index in [1.54, 1.807) is 76.0 Å². The Kier molecular flexibility index (Phi) is 8.34. The summed E-state index contributed by atoms with van der Waals surface area (Å²) < 4.78 is 22.6. The molecule has 0 fully saturated rings. The van der Waals surface area contributed by atoms with Crippen molar-refractivity contribution in [3.63, 3.8) is 0 Å². The Morgan fingerprint density at radius 1 is 1.08 bits per heavy atom. The first kappa shape index (κ1) is 26.8. The maximum Gasteiger partial charge on any atom is 0.272 e. The van der Waals surface area contributed by atoms with Crippen molar-refractivity contribution < 1.29 is 28.2 Å². The van der Waals surface area contributed by atoms with Crippen LogP contribution >= 0.6 is 11.3 Å². The highest BCUT2D eigenvalue weighted by Crippen LogP contribution is 2.30. The van der Waals surface area contributed by atoms with Crippen molar-refractivity contribution in [2.24, 2.45) is 0 Å². The number of hydrogen-bond acceptors (Lipinski definition) is 10. The van der Waals surface area contributed by atoms with Gasteiger partial charge in [-0.2, -0.15) is 0 Å². The Bertz CT molecular complexity index is 1420. The molecular formula is C26H27N5O6S. The second-order valence-electron chi connectivity index (χ2n) is 8.52. The molecule has 0 saturated carbocycles. The summed E-state index contributed by atoms with van der Waals surface area (Å²) >= 11 is 1.16.